The molecule has 190 valence electrons. The molecule has 2 aromatic rings. The van der Waals surface area contributed by atoms with Gasteiger partial charge in [-0.2, -0.15) is 0 Å². The van der Waals surface area contributed by atoms with E-state index < -0.39 is 5.60 Å². The predicted octanol–water partition coefficient (Wildman–Crippen LogP) is 6.44. The third-order valence-electron chi connectivity index (χ3n) is 6.65. The van der Waals surface area contributed by atoms with Crippen molar-refractivity contribution in [3.8, 4) is 17.2 Å². The van der Waals surface area contributed by atoms with Crippen molar-refractivity contribution in [2.75, 3.05) is 13.2 Å². The Bertz CT molecular complexity index is 1260. The van der Waals surface area contributed by atoms with Crippen molar-refractivity contribution in [2.45, 2.75) is 60.0 Å². The van der Waals surface area contributed by atoms with Gasteiger partial charge in [-0.25, -0.2) is 0 Å². The van der Waals surface area contributed by atoms with Crippen LogP contribution in [0.5, 0.6) is 17.2 Å². The second-order valence-electron chi connectivity index (χ2n) is 9.87. The molecule has 1 fully saturated rings. The van der Waals surface area contributed by atoms with Crippen LogP contribution in [-0.2, 0) is 11.2 Å². The third-order valence-corrected chi connectivity index (χ3v) is 7.46. The Morgan fingerprint density at radius 3 is 2.44 bits per heavy atom. The average Bonchev–Trinajstić information content (AvgIpc) is 3.15. The summed E-state index contributed by atoms with van der Waals surface area (Å²) >= 11 is 0.908. The quantitative estimate of drug-likeness (QED) is 0.343. The molecule has 0 bridgehead atoms. The number of carbonyl (C=O) groups excluding carboxylic acids is 2. The van der Waals surface area contributed by atoms with E-state index in [4.69, 9.17) is 14.2 Å². The molecule has 2 aromatic carbocycles. The lowest BCUT2D eigenvalue weighted by molar-refractivity contribution is -0.115. The first kappa shape index (κ1) is 25.9. The molecule has 1 saturated heterocycles. The molecule has 0 aromatic heterocycles. The van der Waals surface area contributed by atoms with Crippen molar-refractivity contribution in [3.05, 3.63) is 68.6 Å². The highest BCUT2D eigenvalue weighted by Crippen LogP contribution is 2.44. The SMILES string of the molecule is CC(C)=CCOc1c(C)c(C)c2c(c1C)CCC(C)(COc1ccc(/C=C3\SC(=O)NC3=O)cc1)O2. The van der Waals surface area contributed by atoms with Crippen molar-refractivity contribution in [2.24, 2.45) is 0 Å². The van der Waals surface area contributed by atoms with Gasteiger partial charge in [-0.15, -0.1) is 0 Å². The van der Waals surface area contributed by atoms with Crippen LogP contribution in [0.3, 0.4) is 0 Å². The standard InChI is InChI=1S/C29H33NO5S/c1-17(2)12-14-33-25-18(3)19(4)26-23(20(25)5)11-13-29(6,35-26)16-34-22-9-7-21(8-10-22)15-24-27(31)30-28(32)36-24/h7-10,12,15H,11,13-14,16H2,1-6H3,(H,30,31,32)/b24-15-. The summed E-state index contributed by atoms with van der Waals surface area (Å²) in [6.45, 7) is 13.5. The summed E-state index contributed by atoms with van der Waals surface area (Å²) in [5.41, 5.74) is 6.19. The van der Waals surface area contributed by atoms with Gasteiger partial charge in [0.15, 0.2) is 0 Å². The fourth-order valence-corrected chi connectivity index (χ4v) is 5.04. The number of ether oxygens (including phenoxy) is 3. The molecule has 1 atom stereocenters. The molecule has 4 rings (SSSR count). The van der Waals surface area contributed by atoms with Crippen LogP contribution in [0.15, 0.2) is 40.8 Å². The van der Waals surface area contributed by atoms with Crippen molar-refractivity contribution < 1.29 is 23.8 Å². The molecule has 1 N–H and O–H groups in total. The number of allylic oxidation sites excluding steroid dienone is 1. The van der Waals surface area contributed by atoms with Gasteiger partial charge < -0.3 is 14.2 Å². The molecule has 1 unspecified atom stereocenters. The van der Waals surface area contributed by atoms with E-state index in [1.165, 1.54) is 11.1 Å². The van der Waals surface area contributed by atoms with Crippen molar-refractivity contribution in [1.82, 2.24) is 5.32 Å². The van der Waals surface area contributed by atoms with E-state index in [1.807, 2.05) is 24.3 Å². The van der Waals surface area contributed by atoms with Gasteiger partial charge in [0.2, 0.25) is 0 Å². The lowest BCUT2D eigenvalue weighted by atomic mass is 9.87. The molecule has 2 aliphatic heterocycles. The summed E-state index contributed by atoms with van der Waals surface area (Å²) in [5, 5.41) is 1.92. The fourth-order valence-electron chi connectivity index (χ4n) is 4.36. The number of imide groups is 1. The average molecular weight is 508 g/mol. The van der Waals surface area contributed by atoms with Gasteiger partial charge in [0.25, 0.3) is 11.1 Å². The van der Waals surface area contributed by atoms with E-state index >= 15 is 0 Å². The van der Waals surface area contributed by atoms with Crippen molar-refractivity contribution in [1.29, 1.82) is 0 Å². The Balaban J connectivity index is 1.44. The molecular weight excluding hydrogens is 474 g/mol. The smallest absolute Gasteiger partial charge is 0.290 e. The van der Waals surface area contributed by atoms with E-state index in [0.717, 1.165) is 64.1 Å². The minimum atomic E-state index is -0.458. The fraction of sp³-hybridized carbons (Fsp3) is 0.379. The Labute approximate surface area is 217 Å². The van der Waals surface area contributed by atoms with Crippen LogP contribution in [0, 0.1) is 20.8 Å². The highest BCUT2D eigenvalue weighted by Gasteiger charge is 2.35. The van der Waals surface area contributed by atoms with Crippen LogP contribution >= 0.6 is 11.8 Å². The molecule has 0 aliphatic carbocycles. The number of thioether (sulfide) groups is 1. The minimum absolute atomic E-state index is 0.346. The molecule has 6 nitrogen and oxygen atoms in total. The summed E-state index contributed by atoms with van der Waals surface area (Å²) in [6.07, 6.45) is 5.52. The van der Waals surface area contributed by atoms with Crippen LogP contribution in [0.1, 0.15) is 55.0 Å². The van der Waals surface area contributed by atoms with Gasteiger partial charge in [0, 0.05) is 5.56 Å². The summed E-state index contributed by atoms with van der Waals surface area (Å²) in [6, 6.07) is 7.46. The summed E-state index contributed by atoms with van der Waals surface area (Å²) < 4.78 is 18.8. The van der Waals surface area contributed by atoms with Crippen LogP contribution in [-0.4, -0.2) is 30.0 Å². The first-order valence-corrected chi connectivity index (χ1v) is 12.9. The third kappa shape index (κ3) is 5.62. The van der Waals surface area contributed by atoms with Crippen molar-refractivity contribution in [3.63, 3.8) is 0 Å². The van der Waals surface area contributed by atoms with E-state index in [2.05, 4.69) is 52.9 Å². The lowest BCUT2D eigenvalue weighted by Crippen LogP contribution is -2.42. The molecule has 2 heterocycles. The monoisotopic (exact) mass is 507 g/mol. The largest absolute Gasteiger partial charge is 0.489 e. The van der Waals surface area contributed by atoms with Crippen LogP contribution in [0.4, 0.5) is 4.79 Å². The minimum Gasteiger partial charge on any atom is -0.489 e. The highest BCUT2D eigenvalue weighted by atomic mass is 32.2. The van der Waals surface area contributed by atoms with Gasteiger partial charge in [0.1, 0.15) is 36.1 Å². The number of fused-ring (bicyclic) bond motifs is 1. The molecule has 2 aliphatic rings. The number of benzene rings is 2. The Hall–Kier alpha value is -3.19. The van der Waals surface area contributed by atoms with Crippen LogP contribution < -0.4 is 19.5 Å². The van der Waals surface area contributed by atoms with Crippen LogP contribution in [0.2, 0.25) is 0 Å². The van der Waals surface area contributed by atoms with Crippen molar-refractivity contribution >= 4 is 29.0 Å². The second-order valence-corrected chi connectivity index (χ2v) is 10.9. The molecule has 0 radical (unpaired) electrons. The maximum absolute atomic E-state index is 11.7. The first-order valence-electron chi connectivity index (χ1n) is 12.1. The first-order chi connectivity index (χ1) is 17.1. The number of carbonyl (C=O) groups is 2. The maximum Gasteiger partial charge on any atom is 0.290 e. The summed E-state index contributed by atoms with van der Waals surface area (Å²) in [4.78, 5) is 23.5. The number of hydrogen-bond acceptors (Lipinski definition) is 6. The number of nitrogens with one attached hydrogen (secondary N) is 1. The number of rotatable bonds is 7. The van der Waals surface area contributed by atoms with Crippen LogP contribution in [0.25, 0.3) is 6.08 Å². The zero-order valence-electron chi connectivity index (χ0n) is 21.7. The number of amides is 2. The Morgan fingerprint density at radius 1 is 1.08 bits per heavy atom. The van der Waals surface area contributed by atoms with E-state index in [-0.39, 0.29) is 11.1 Å². The summed E-state index contributed by atoms with van der Waals surface area (Å²) in [5.74, 6) is 2.26. The summed E-state index contributed by atoms with van der Waals surface area (Å²) in [7, 11) is 0. The highest BCUT2D eigenvalue weighted by molar-refractivity contribution is 8.18. The van der Waals surface area contributed by atoms with Gasteiger partial charge in [-0.05, 0) is 113 Å². The molecule has 36 heavy (non-hydrogen) atoms. The van der Waals surface area contributed by atoms with E-state index in [0.29, 0.717) is 18.1 Å². The zero-order chi connectivity index (χ0) is 26.0. The van der Waals surface area contributed by atoms with Gasteiger partial charge in [-0.3, -0.25) is 14.9 Å². The molecule has 0 spiro atoms. The molecular formula is C29H33NO5S. The zero-order valence-corrected chi connectivity index (χ0v) is 22.6. The van der Waals surface area contributed by atoms with Gasteiger partial charge in [0.05, 0.1) is 4.91 Å². The maximum atomic E-state index is 11.7. The van der Waals surface area contributed by atoms with E-state index in [9.17, 15) is 9.59 Å². The number of hydrogen-bond donors (Lipinski definition) is 1. The molecule has 7 heteroatoms. The van der Waals surface area contributed by atoms with Gasteiger partial charge >= 0.3 is 0 Å². The normalized spacial score (nSPS) is 20.0. The van der Waals surface area contributed by atoms with E-state index in [1.54, 1.807) is 6.08 Å². The topological polar surface area (TPSA) is 73.9 Å². The molecule has 0 saturated carbocycles. The second kappa shape index (κ2) is 10.4. The predicted molar refractivity (Wildman–Crippen MR) is 144 cm³/mol. The Kier molecular flexibility index (Phi) is 7.50. The lowest BCUT2D eigenvalue weighted by Gasteiger charge is -2.38. The Morgan fingerprint density at radius 2 is 1.81 bits per heavy atom. The molecule has 2 amide bonds. The van der Waals surface area contributed by atoms with Gasteiger partial charge in [-0.1, -0.05) is 17.7 Å².